The van der Waals surface area contributed by atoms with Crippen LogP contribution in [0.4, 0.5) is 0 Å². The lowest BCUT2D eigenvalue weighted by molar-refractivity contribution is 0.0787. The fraction of sp³-hybridized carbons (Fsp3) is 0.643. The molecule has 0 amide bonds. The highest BCUT2D eigenvalue weighted by atomic mass is 16.5. The first-order chi connectivity index (χ1) is 9.24. The van der Waals surface area contributed by atoms with E-state index in [1.54, 1.807) is 20.4 Å². The van der Waals surface area contributed by atoms with E-state index < -0.39 is 0 Å². The van der Waals surface area contributed by atoms with Crippen LogP contribution in [0.1, 0.15) is 18.5 Å². The summed E-state index contributed by atoms with van der Waals surface area (Å²) < 4.78 is 16.3. The topological polar surface area (TPSA) is 43.8 Å². The van der Waals surface area contributed by atoms with Crippen molar-refractivity contribution in [1.82, 2.24) is 9.88 Å². The van der Waals surface area contributed by atoms with Gasteiger partial charge in [0.25, 0.3) is 0 Å². The SMILES string of the molecule is COc1ccnc(CN(C)C[C@H]2CCCO2)c1OC. The number of methoxy groups -OCH3 is 2. The van der Waals surface area contributed by atoms with Crippen LogP contribution in [0.15, 0.2) is 12.3 Å². The van der Waals surface area contributed by atoms with Gasteiger partial charge in [-0.15, -0.1) is 0 Å². The summed E-state index contributed by atoms with van der Waals surface area (Å²) in [7, 11) is 5.35. The standard InChI is InChI=1S/C14H22N2O3/c1-16(9-11-5-4-8-19-11)10-12-14(18-3)13(17-2)6-7-15-12/h6-7,11H,4-5,8-10H2,1-3H3/t11-/m1/s1. The summed E-state index contributed by atoms with van der Waals surface area (Å²) in [5.74, 6) is 1.43. The Morgan fingerprint density at radius 1 is 1.42 bits per heavy atom. The largest absolute Gasteiger partial charge is 0.493 e. The van der Waals surface area contributed by atoms with Gasteiger partial charge in [-0.05, 0) is 19.9 Å². The van der Waals surface area contributed by atoms with E-state index in [0.717, 1.165) is 37.6 Å². The van der Waals surface area contributed by atoms with Gasteiger partial charge in [-0.3, -0.25) is 9.88 Å². The van der Waals surface area contributed by atoms with Gasteiger partial charge >= 0.3 is 0 Å². The van der Waals surface area contributed by atoms with Crippen LogP contribution in [-0.4, -0.2) is 50.4 Å². The molecule has 106 valence electrons. The zero-order valence-corrected chi connectivity index (χ0v) is 11.9. The molecule has 0 N–H and O–H groups in total. The number of nitrogens with zero attached hydrogens (tertiary/aromatic N) is 2. The average Bonchev–Trinajstić information content (AvgIpc) is 2.91. The molecule has 0 saturated carbocycles. The van der Waals surface area contributed by atoms with E-state index in [1.807, 2.05) is 6.07 Å². The summed E-state index contributed by atoms with van der Waals surface area (Å²) in [6.07, 6.45) is 4.41. The van der Waals surface area contributed by atoms with E-state index in [2.05, 4.69) is 16.9 Å². The minimum absolute atomic E-state index is 0.349. The predicted molar refractivity (Wildman–Crippen MR) is 72.6 cm³/mol. The maximum Gasteiger partial charge on any atom is 0.183 e. The van der Waals surface area contributed by atoms with Crippen LogP contribution in [0.2, 0.25) is 0 Å². The van der Waals surface area contributed by atoms with Gasteiger partial charge in [-0.2, -0.15) is 0 Å². The Hall–Kier alpha value is -1.33. The Morgan fingerprint density at radius 3 is 2.89 bits per heavy atom. The van der Waals surface area contributed by atoms with Crippen LogP contribution >= 0.6 is 0 Å². The summed E-state index contributed by atoms with van der Waals surface area (Å²) in [5.41, 5.74) is 0.891. The van der Waals surface area contributed by atoms with Crippen LogP contribution in [0.5, 0.6) is 11.5 Å². The van der Waals surface area contributed by atoms with Crippen LogP contribution in [0.25, 0.3) is 0 Å². The molecule has 0 unspecified atom stereocenters. The van der Waals surface area contributed by atoms with E-state index in [9.17, 15) is 0 Å². The second kappa shape index (κ2) is 6.73. The molecular weight excluding hydrogens is 244 g/mol. The summed E-state index contributed by atoms with van der Waals surface area (Å²) in [4.78, 5) is 6.59. The van der Waals surface area contributed by atoms with E-state index in [0.29, 0.717) is 11.9 Å². The molecule has 0 aromatic carbocycles. The number of hydrogen-bond donors (Lipinski definition) is 0. The zero-order valence-electron chi connectivity index (χ0n) is 11.9. The highest BCUT2D eigenvalue weighted by Gasteiger charge is 2.19. The van der Waals surface area contributed by atoms with Gasteiger partial charge in [-0.25, -0.2) is 0 Å². The lowest BCUT2D eigenvalue weighted by atomic mass is 10.2. The second-order valence-electron chi connectivity index (χ2n) is 4.82. The molecule has 0 bridgehead atoms. The van der Waals surface area contributed by atoms with Gasteiger partial charge in [0.1, 0.15) is 5.69 Å². The van der Waals surface area contributed by atoms with Crippen LogP contribution in [-0.2, 0) is 11.3 Å². The van der Waals surface area contributed by atoms with Crippen molar-refractivity contribution in [3.05, 3.63) is 18.0 Å². The van der Waals surface area contributed by atoms with Crippen molar-refractivity contribution in [2.75, 3.05) is 34.4 Å². The summed E-state index contributed by atoms with van der Waals surface area (Å²) in [6, 6.07) is 1.81. The van der Waals surface area contributed by atoms with Crippen molar-refractivity contribution in [2.45, 2.75) is 25.5 Å². The molecule has 1 atom stereocenters. The zero-order chi connectivity index (χ0) is 13.7. The van der Waals surface area contributed by atoms with Crippen LogP contribution in [0, 0.1) is 0 Å². The molecule has 1 saturated heterocycles. The van der Waals surface area contributed by atoms with Gasteiger partial charge in [0, 0.05) is 32.0 Å². The Bertz CT molecular complexity index is 406. The van der Waals surface area contributed by atoms with Crippen molar-refractivity contribution in [3.63, 3.8) is 0 Å². The fourth-order valence-electron chi connectivity index (χ4n) is 2.42. The Kier molecular flexibility index (Phi) is 4.99. The third-order valence-corrected chi connectivity index (χ3v) is 3.33. The van der Waals surface area contributed by atoms with E-state index >= 15 is 0 Å². The number of aromatic nitrogens is 1. The molecule has 2 rings (SSSR count). The lowest BCUT2D eigenvalue weighted by Gasteiger charge is -2.21. The van der Waals surface area contributed by atoms with Crippen LogP contribution in [0.3, 0.4) is 0 Å². The third-order valence-electron chi connectivity index (χ3n) is 3.33. The van der Waals surface area contributed by atoms with Gasteiger partial charge in [0.05, 0.1) is 20.3 Å². The molecule has 1 aliphatic heterocycles. The highest BCUT2D eigenvalue weighted by molar-refractivity contribution is 5.42. The molecule has 1 aliphatic rings. The molecule has 0 aliphatic carbocycles. The smallest absolute Gasteiger partial charge is 0.183 e. The molecule has 5 heteroatoms. The van der Waals surface area contributed by atoms with Crippen molar-refractivity contribution in [2.24, 2.45) is 0 Å². The quantitative estimate of drug-likeness (QED) is 0.784. The highest BCUT2D eigenvalue weighted by Crippen LogP contribution is 2.29. The van der Waals surface area contributed by atoms with Gasteiger partial charge in [-0.1, -0.05) is 0 Å². The lowest BCUT2D eigenvalue weighted by Crippen LogP contribution is -2.28. The van der Waals surface area contributed by atoms with Crippen LogP contribution < -0.4 is 9.47 Å². The first-order valence-electron chi connectivity index (χ1n) is 6.60. The Balaban J connectivity index is 2.01. The summed E-state index contributed by atoms with van der Waals surface area (Å²) in [5, 5.41) is 0. The number of rotatable bonds is 6. The minimum Gasteiger partial charge on any atom is -0.493 e. The average molecular weight is 266 g/mol. The molecule has 1 aromatic rings. The van der Waals surface area contributed by atoms with E-state index in [-0.39, 0.29) is 0 Å². The van der Waals surface area contributed by atoms with Gasteiger partial charge < -0.3 is 14.2 Å². The first-order valence-corrected chi connectivity index (χ1v) is 6.60. The normalized spacial score (nSPS) is 18.8. The molecule has 19 heavy (non-hydrogen) atoms. The number of hydrogen-bond acceptors (Lipinski definition) is 5. The van der Waals surface area contributed by atoms with Crippen molar-refractivity contribution in [1.29, 1.82) is 0 Å². The van der Waals surface area contributed by atoms with E-state index in [1.165, 1.54) is 6.42 Å². The molecule has 1 aromatic heterocycles. The summed E-state index contributed by atoms with van der Waals surface area (Å²) >= 11 is 0. The van der Waals surface area contributed by atoms with E-state index in [4.69, 9.17) is 14.2 Å². The summed E-state index contributed by atoms with van der Waals surface area (Å²) in [6.45, 7) is 2.53. The number of likely N-dealkylation sites (N-methyl/N-ethyl adjacent to an activating group) is 1. The van der Waals surface area contributed by atoms with Crippen molar-refractivity contribution >= 4 is 0 Å². The molecule has 5 nitrogen and oxygen atoms in total. The second-order valence-corrected chi connectivity index (χ2v) is 4.82. The van der Waals surface area contributed by atoms with Crippen molar-refractivity contribution in [3.8, 4) is 11.5 Å². The molecular formula is C14H22N2O3. The Morgan fingerprint density at radius 2 is 2.26 bits per heavy atom. The molecule has 0 spiro atoms. The van der Waals surface area contributed by atoms with Gasteiger partial charge in [0.2, 0.25) is 0 Å². The maximum atomic E-state index is 5.64. The minimum atomic E-state index is 0.349. The first kappa shape index (κ1) is 14.1. The number of ether oxygens (including phenoxy) is 3. The predicted octanol–water partition coefficient (Wildman–Crippen LogP) is 1.71. The maximum absolute atomic E-state index is 5.64. The van der Waals surface area contributed by atoms with Crippen molar-refractivity contribution < 1.29 is 14.2 Å². The molecule has 2 heterocycles. The monoisotopic (exact) mass is 266 g/mol. The molecule has 1 fully saturated rings. The third kappa shape index (κ3) is 3.58. The molecule has 0 radical (unpaired) electrons. The fourth-order valence-corrected chi connectivity index (χ4v) is 2.42. The Labute approximate surface area is 114 Å². The number of pyridine rings is 1. The van der Waals surface area contributed by atoms with Gasteiger partial charge in [0.15, 0.2) is 11.5 Å².